The summed E-state index contributed by atoms with van der Waals surface area (Å²) in [7, 11) is 3.16. The molecule has 17 heavy (non-hydrogen) atoms. The second-order valence-corrected chi connectivity index (χ2v) is 4.83. The van der Waals surface area contributed by atoms with Gasteiger partial charge in [-0.05, 0) is 18.8 Å². The second kappa shape index (κ2) is 5.33. The quantitative estimate of drug-likeness (QED) is 0.702. The van der Waals surface area contributed by atoms with Crippen LogP contribution in [0.5, 0.6) is 0 Å². The Labute approximate surface area is 102 Å². The minimum absolute atomic E-state index is 0.0432. The maximum Gasteiger partial charge on any atom is 0.246 e. The van der Waals surface area contributed by atoms with E-state index >= 15 is 0 Å². The van der Waals surface area contributed by atoms with Crippen LogP contribution in [0.4, 0.5) is 0 Å². The molecule has 1 saturated carbocycles. The van der Waals surface area contributed by atoms with E-state index in [9.17, 15) is 4.79 Å². The third-order valence-electron chi connectivity index (χ3n) is 3.77. The van der Waals surface area contributed by atoms with Gasteiger partial charge in [0.05, 0.1) is 20.3 Å². The number of carbonyl (C=O) groups excluding carboxylic acids is 1. The van der Waals surface area contributed by atoms with Gasteiger partial charge in [0.2, 0.25) is 5.91 Å². The zero-order valence-electron chi connectivity index (χ0n) is 10.6. The van der Waals surface area contributed by atoms with Crippen molar-refractivity contribution in [2.45, 2.75) is 37.9 Å². The highest BCUT2D eigenvalue weighted by Gasteiger charge is 2.40. The second-order valence-electron chi connectivity index (χ2n) is 4.83. The molecule has 0 atom stereocenters. The number of nitrogens with zero attached hydrogens (tertiary/aromatic N) is 1. The summed E-state index contributed by atoms with van der Waals surface area (Å²) in [5.74, 6) is 0.146. The van der Waals surface area contributed by atoms with Crippen LogP contribution in [0.1, 0.15) is 32.1 Å². The summed E-state index contributed by atoms with van der Waals surface area (Å²) in [5, 5.41) is 1.30. The molecule has 0 unspecified atom stereocenters. The molecule has 1 amide bonds. The number of hydroxylamine groups is 2. The van der Waals surface area contributed by atoms with Crippen molar-refractivity contribution < 1.29 is 19.1 Å². The van der Waals surface area contributed by atoms with Crippen LogP contribution >= 0.6 is 0 Å². The van der Waals surface area contributed by atoms with Gasteiger partial charge in [-0.25, -0.2) is 5.06 Å². The van der Waals surface area contributed by atoms with Crippen LogP contribution in [-0.2, 0) is 19.1 Å². The van der Waals surface area contributed by atoms with Gasteiger partial charge >= 0.3 is 0 Å². The van der Waals surface area contributed by atoms with Crippen LogP contribution in [0.15, 0.2) is 0 Å². The summed E-state index contributed by atoms with van der Waals surface area (Å²) in [4.78, 5) is 16.6. The van der Waals surface area contributed by atoms with Crippen LogP contribution < -0.4 is 0 Å². The summed E-state index contributed by atoms with van der Waals surface area (Å²) in [6, 6.07) is 0. The molecule has 2 fully saturated rings. The third kappa shape index (κ3) is 2.97. The Morgan fingerprint density at radius 2 is 1.94 bits per heavy atom. The molecule has 2 rings (SSSR count). The van der Waals surface area contributed by atoms with E-state index in [1.165, 1.54) is 12.2 Å². The van der Waals surface area contributed by atoms with Crippen LogP contribution in [0.25, 0.3) is 0 Å². The molecule has 2 aliphatic rings. The highest BCUT2D eigenvalue weighted by molar-refractivity contribution is 5.75. The minimum Gasteiger partial charge on any atom is -0.348 e. The van der Waals surface area contributed by atoms with Crippen LogP contribution in [0, 0.1) is 5.92 Å². The van der Waals surface area contributed by atoms with Crippen molar-refractivity contribution in [1.82, 2.24) is 5.06 Å². The highest BCUT2D eigenvalue weighted by Crippen LogP contribution is 2.39. The molecule has 1 aliphatic heterocycles. The molecule has 0 bridgehead atoms. The molecule has 0 aromatic rings. The molecule has 1 aliphatic carbocycles. The fourth-order valence-corrected chi connectivity index (χ4v) is 2.58. The van der Waals surface area contributed by atoms with Gasteiger partial charge < -0.3 is 9.47 Å². The Bertz CT molecular complexity index is 266. The van der Waals surface area contributed by atoms with E-state index in [4.69, 9.17) is 14.3 Å². The Hall–Kier alpha value is -0.650. The first-order valence-corrected chi connectivity index (χ1v) is 6.24. The lowest BCUT2D eigenvalue weighted by Gasteiger charge is -2.35. The zero-order chi connectivity index (χ0) is 12.3. The van der Waals surface area contributed by atoms with E-state index in [0.29, 0.717) is 25.6 Å². The predicted octanol–water partition coefficient (Wildman–Crippen LogP) is 1.33. The van der Waals surface area contributed by atoms with Crippen molar-refractivity contribution in [1.29, 1.82) is 0 Å². The fraction of sp³-hybridized carbons (Fsp3) is 0.917. The molecule has 0 N–H and O–H groups in total. The molecule has 1 saturated heterocycles. The van der Waals surface area contributed by atoms with Crippen molar-refractivity contribution in [3.8, 4) is 0 Å². The first-order valence-electron chi connectivity index (χ1n) is 6.24. The smallest absolute Gasteiger partial charge is 0.246 e. The van der Waals surface area contributed by atoms with Crippen LogP contribution in [0.2, 0.25) is 0 Å². The summed E-state index contributed by atoms with van der Waals surface area (Å²) in [6.07, 6.45) is 4.34. The first kappa shape index (κ1) is 12.8. The van der Waals surface area contributed by atoms with Gasteiger partial charge in [0.25, 0.3) is 0 Å². The largest absolute Gasteiger partial charge is 0.348 e. The average Bonchev–Trinajstić information content (AvgIpc) is 2.80. The van der Waals surface area contributed by atoms with Crippen molar-refractivity contribution >= 4 is 5.91 Å². The normalized spacial score (nSPS) is 24.1. The van der Waals surface area contributed by atoms with E-state index < -0.39 is 0 Å². The Morgan fingerprint density at radius 3 is 2.47 bits per heavy atom. The summed E-state index contributed by atoms with van der Waals surface area (Å²) in [5.41, 5.74) is 0. The monoisotopic (exact) mass is 243 g/mol. The molecule has 5 nitrogen and oxygen atoms in total. The molecule has 1 spiro atoms. The van der Waals surface area contributed by atoms with E-state index in [-0.39, 0.29) is 11.7 Å². The number of amides is 1. The highest BCUT2D eigenvalue weighted by atomic mass is 16.7. The van der Waals surface area contributed by atoms with Gasteiger partial charge in [0.15, 0.2) is 5.79 Å². The van der Waals surface area contributed by atoms with Gasteiger partial charge in [0.1, 0.15) is 0 Å². The van der Waals surface area contributed by atoms with E-state index in [1.807, 2.05) is 0 Å². The number of hydrogen-bond acceptors (Lipinski definition) is 4. The summed E-state index contributed by atoms with van der Waals surface area (Å²) < 4.78 is 11.3. The lowest BCUT2D eigenvalue weighted by Crippen LogP contribution is -2.36. The topological polar surface area (TPSA) is 48.0 Å². The number of rotatable bonds is 3. The lowest BCUT2D eigenvalue weighted by molar-refractivity contribution is -0.186. The third-order valence-corrected chi connectivity index (χ3v) is 3.77. The van der Waals surface area contributed by atoms with E-state index in [0.717, 1.165) is 25.7 Å². The Morgan fingerprint density at radius 1 is 1.35 bits per heavy atom. The first-order chi connectivity index (χ1) is 8.15. The lowest BCUT2D eigenvalue weighted by atomic mass is 9.83. The minimum atomic E-state index is -0.327. The van der Waals surface area contributed by atoms with E-state index in [1.54, 1.807) is 7.05 Å². The maximum atomic E-state index is 11.7. The molecule has 1 heterocycles. The van der Waals surface area contributed by atoms with Crippen LogP contribution in [0.3, 0.4) is 0 Å². The number of ether oxygens (including phenoxy) is 2. The van der Waals surface area contributed by atoms with Crippen molar-refractivity contribution in [3.63, 3.8) is 0 Å². The molecule has 98 valence electrons. The molecule has 5 heteroatoms. The van der Waals surface area contributed by atoms with Gasteiger partial charge in [-0.2, -0.15) is 0 Å². The predicted molar refractivity (Wildman–Crippen MR) is 61.0 cm³/mol. The summed E-state index contributed by atoms with van der Waals surface area (Å²) in [6.45, 7) is 1.41. The zero-order valence-corrected chi connectivity index (χ0v) is 10.6. The average molecular weight is 243 g/mol. The summed E-state index contributed by atoms with van der Waals surface area (Å²) >= 11 is 0. The van der Waals surface area contributed by atoms with Crippen molar-refractivity contribution in [3.05, 3.63) is 0 Å². The van der Waals surface area contributed by atoms with Gasteiger partial charge in [-0.15, -0.1) is 0 Å². The van der Waals surface area contributed by atoms with Gasteiger partial charge in [-0.3, -0.25) is 9.63 Å². The van der Waals surface area contributed by atoms with Crippen LogP contribution in [-0.4, -0.2) is 44.1 Å². The number of carbonyl (C=O) groups is 1. The van der Waals surface area contributed by atoms with Crippen molar-refractivity contribution in [2.24, 2.45) is 5.92 Å². The van der Waals surface area contributed by atoms with Crippen molar-refractivity contribution in [2.75, 3.05) is 27.4 Å². The molecular formula is C12H21NO4. The Kier molecular flexibility index (Phi) is 4.01. The molecule has 0 radical (unpaired) electrons. The SMILES string of the molecule is CON(C)C(=O)CC1CCC2(CC1)OCCO2. The fourth-order valence-electron chi connectivity index (χ4n) is 2.58. The molecule has 0 aromatic heterocycles. The maximum absolute atomic E-state index is 11.7. The molecular weight excluding hydrogens is 222 g/mol. The van der Waals surface area contributed by atoms with Gasteiger partial charge in [0, 0.05) is 26.3 Å². The van der Waals surface area contributed by atoms with Gasteiger partial charge in [-0.1, -0.05) is 0 Å². The Balaban J connectivity index is 1.77. The van der Waals surface area contributed by atoms with E-state index in [2.05, 4.69) is 0 Å². The molecule has 0 aromatic carbocycles. The number of hydrogen-bond donors (Lipinski definition) is 0. The standard InChI is InChI=1S/C12H21NO4/c1-13(15-2)11(14)9-10-3-5-12(6-4-10)16-7-8-17-12/h10H,3-9H2,1-2H3.